The predicted octanol–water partition coefficient (Wildman–Crippen LogP) is 1.81. The van der Waals surface area contributed by atoms with E-state index in [0.717, 1.165) is 43.3 Å². The Hall–Kier alpha value is -1.42. The van der Waals surface area contributed by atoms with Crippen LogP contribution in [0.1, 0.15) is 13.8 Å². The van der Waals surface area contributed by atoms with Crippen molar-refractivity contribution in [2.24, 2.45) is 0 Å². The highest BCUT2D eigenvalue weighted by atomic mass is 16.5. The lowest BCUT2D eigenvalue weighted by atomic mass is 10.2. The standard InChI is InChI=1S/C14H23N3O/c1-11(2)16-6-8-17(9-7-16)14-5-4-12(18-3)10-13(14)15/h4-5,10-11H,6-9,15H2,1-3H3. The lowest BCUT2D eigenvalue weighted by Gasteiger charge is -2.38. The van der Waals surface area contributed by atoms with E-state index in [0.29, 0.717) is 6.04 Å². The first-order valence-electron chi connectivity index (χ1n) is 6.54. The van der Waals surface area contributed by atoms with Crippen LogP contribution in [0.4, 0.5) is 11.4 Å². The van der Waals surface area contributed by atoms with E-state index in [4.69, 9.17) is 10.5 Å². The minimum Gasteiger partial charge on any atom is -0.497 e. The van der Waals surface area contributed by atoms with E-state index in [-0.39, 0.29) is 0 Å². The van der Waals surface area contributed by atoms with E-state index < -0.39 is 0 Å². The van der Waals surface area contributed by atoms with Gasteiger partial charge in [0.1, 0.15) is 5.75 Å². The zero-order valence-corrected chi connectivity index (χ0v) is 11.5. The molecule has 1 aliphatic rings. The van der Waals surface area contributed by atoms with Crippen molar-refractivity contribution in [2.75, 3.05) is 43.9 Å². The topological polar surface area (TPSA) is 41.7 Å². The summed E-state index contributed by atoms with van der Waals surface area (Å²) in [4.78, 5) is 4.85. The molecule has 0 atom stereocenters. The van der Waals surface area contributed by atoms with E-state index in [2.05, 4.69) is 29.7 Å². The highest BCUT2D eigenvalue weighted by Gasteiger charge is 2.20. The number of nitrogens with two attached hydrogens (primary N) is 1. The van der Waals surface area contributed by atoms with Crippen molar-refractivity contribution in [3.63, 3.8) is 0 Å². The van der Waals surface area contributed by atoms with Crippen molar-refractivity contribution in [1.82, 2.24) is 4.90 Å². The maximum Gasteiger partial charge on any atom is 0.121 e. The van der Waals surface area contributed by atoms with Gasteiger partial charge < -0.3 is 15.4 Å². The van der Waals surface area contributed by atoms with Gasteiger partial charge >= 0.3 is 0 Å². The number of anilines is 2. The van der Waals surface area contributed by atoms with Crippen molar-refractivity contribution in [2.45, 2.75) is 19.9 Å². The van der Waals surface area contributed by atoms with Gasteiger partial charge in [-0.1, -0.05) is 0 Å². The molecule has 1 aromatic rings. The third-order valence-electron chi connectivity index (χ3n) is 3.62. The van der Waals surface area contributed by atoms with E-state index in [1.165, 1.54) is 0 Å². The molecular weight excluding hydrogens is 226 g/mol. The number of methoxy groups -OCH3 is 1. The van der Waals surface area contributed by atoms with Crippen LogP contribution in [0.15, 0.2) is 18.2 Å². The van der Waals surface area contributed by atoms with Crippen molar-refractivity contribution >= 4 is 11.4 Å². The van der Waals surface area contributed by atoms with Gasteiger partial charge in [-0.15, -0.1) is 0 Å². The number of ether oxygens (including phenoxy) is 1. The molecule has 0 saturated carbocycles. The fraction of sp³-hybridized carbons (Fsp3) is 0.571. The number of hydrogen-bond acceptors (Lipinski definition) is 4. The monoisotopic (exact) mass is 249 g/mol. The summed E-state index contributed by atoms with van der Waals surface area (Å²) in [5, 5.41) is 0. The van der Waals surface area contributed by atoms with Crippen LogP contribution in [0.3, 0.4) is 0 Å². The van der Waals surface area contributed by atoms with Crippen LogP contribution in [0.5, 0.6) is 5.75 Å². The molecule has 0 radical (unpaired) electrons. The second-order valence-corrected chi connectivity index (χ2v) is 5.04. The van der Waals surface area contributed by atoms with Crippen LogP contribution in [0.2, 0.25) is 0 Å². The highest BCUT2D eigenvalue weighted by molar-refractivity contribution is 5.69. The summed E-state index contributed by atoms with van der Waals surface area (Å²) in [6, 6.07) is 6.55. The molecule has 1 aliphatic heterocycles. The largest absolute Gasteiger partial charge is 0.497 e. The zero-order chi connectivity index (χ0) is 13.1. The zero-order valence-electron chi connectivity index (χ0n) is 11.5. The van der Waals surface area contributed by atoms with Gasteiger partial charge in [0.2, 0.25) is 0 Å². The van der Waals surface area contributed by atoms with E-state index in [9.17, 15) is 0 Å². The molecule has 0 unspecified atom stereocenters. The maximum absolute atomic E-state index is 6.09. The Bertz CT molecular complexity index is 398. The Morgan fingerprint density at radius 1 is 1.17 bits per heavy atom. The molecule has 0 aliphatic carbocycles. The fourth-order valence-electron chi connectivity index (χ4n) is 2.43. The maximum atomic E-state index is 6.09. The van der Waals surface area contributed by atoms with Gasteiger partial charge in [0, 0.05) is 38.3 Å². The molecule has 1 saturated heterocycles. The number of hydrogen-bond donors (Lipinski definition) is 1. The molecule has 18 heavy (non-hydrogen) atoms. The first-order valence-corrected chi connectivity index (χ1v) is 6.54. The smallest absolute Gasteiger partial charge is 0.121 e. The van der Waals surface area contributed by atoms with Crippen LogP contribution in [-0.2, 0) is 0 Å². The molecule has 2 rings (SSSR count). The summed E-state index contributed by atoms with van der Waals surface area (Å²) in [5.74, 6) is 0.817. The molecule has 0 aromatic heterocycles. The number of nitrogen functional groups attached to an aromatic ring is 1. The third kappa shape index (κ3) is 2.70. The minimum atomic E-state index is 0.625. The first kappa shape index (κ1) is 13.0. The van der Waals surface area contributed by atoms with Gasteiger partial charge in [-0.25, -0.2) is 0 Å². The Morgan fingerprint density at radius 3 is 2.33 bits per heavy atom. The molecule has 100 valence electrons. The van der Waals surface area contributed by atoms with Crippen LogP contribution in [0.25, 0.3) is 0 Å². The number of rotatable bonds is 3. The van der Waals surface area contributed by atoms with Crippen LogP contribution in [0, 0.1) is 0 Å². The normalized spacial score (nSPS) is 17.2. The van der Waals surface area contributed by atoms with Crippen molar-refractivity contribution in [3.8, 4) is 5.75 Å². The summed E-state index contributed by atoms with van der Waals surface area (Å²) in [7, 11) is 1.66. The van der Waals surface area contributed by atoms with Crippen LogP contribution >= 0.6 is 0 Å². The Morgan fingerprint density at radius 2 is 1.83 bits per heavy atom. The van der Waals surface area contributed by atoms with E-state index in [1.807, 2.05) is 12.1 Å². The van der Waals surface area contributed by atoms with E-state index in [1.54, 1.807) is 7.11 Å². The van der Waals surface area contributed by atoms with Gasteiger partial charge in [0.15, 0.2) is 0 Å². The fourth-order valence-corrected chi connectivity index (χ4v) is 2.43. The van der Waals surface area contributed by atoms with Crippen molar-refractivity contribution < 1.29 is 4.74 Å². The summed E-state index contributed by atoms with van der Waals surface area (Å²) < 4.78 is 5.18. The third-order valence-corrected chi connectivity index (χ3v) is 3.62. The number of benzene rings is 1. The summed E-state index contributed by atoms with van der Waals surface area (Å²) in [6.45, 7) is 8.77. The Kier molecular flexibility index (Phi) is 3.97. The first-order chi connectivity index (χ1) is 8.61. The molecule has 4 nitrogen and oxygen atoms in total. The molecular formula is C14H23N3O. The van der Waals surface area contributed by atoms with Gasteiger partial charge in [-0.3, -0.25) is 4.90 Å². The summed E-state index contributed by atoms with van der Waals surface area (Å²) in [5.41, 5.74) is 8.01. The van der Waals surface area contributed by atoms with Crippen molar-refractivity contribution in [3.05, 3.63) is 18.2 Å². The number of piperazine rings is 1. The summed E-state index contributed by atoms with van der Waals surface area (Å²) in [6.07, 6.45) is 0. The molecule has 0 bridgehead atoms. The molecule has 1 aromatic carbocycles. The molecule has 2 N–H and O–H groups in total. The minimum absolute atomic E-state index is 0.625. The second kappa shape index (κ2) is 5.48. The SMILES string of the molecule is COc1ccc(N2CCN(C(C)C)CC2)c(N)c1. The lowest BCUT2D eigenvalue weighted by Crippen LogP contribution is -2.49. The lowest BCUT2D eigenvalue weighted by molar-refractivity contribution is 0.209. The average molecular weight is 249 g/mol. The van der Waals surface area contributed by atoms with E-state index >= 15 is 0 Å². The highest BCUT2D eigenvalue weighted by Crippen LogP contribution is 2.28. The van der Waals surface area contributed by atoms with Gasteiger partial charge in [0.05, 0.1) is 18.5 Å². The molecule has 0 amide bonds. The van der Waals surface area contributed by atoms with Gasteiger partial charge in [0.25, 0.3) is 0 Å². The predicted molar refractivity (Wildman–Crippen MR) is 76.3 cm³/mol. The average Bonchev–Trinajstić information content (AvgIpc) is 2.38. The summed E-state index contributed by atoms with van der Waals surface area (Å²) >= 11 is 0. The van der Waals surface area contributed by atoms with Gasteiger partial charge in [-0.05, 0) is 26.0 Å². The molecule has 1 heterocycles. The van der Waals surface area contributed by atoms with Crippen LogP contribution < -0.4 is 15.4 Å². The molecule has 1 fully saturated rings. The Balaban J connectivity index is 2.05. The second-order valence-electron chi connectivity index (χ2n) is 5.04. The quantitative estimate of drug-likeness (QED) is 0.830. The Labute approximate surface area is 109 Å². The van der Waals surface area contributed by atoms with Crippen LogP contribution in [-0.4, -0.2) is 44.2 Å². The number of nitrogens with zero attached hydrogens (tertiary/aromatic N) is 2. The van der Waals surface area contributed by atoms with Crippen molar-refractivity contribution in [1.29, 1.82) is 0 Å². The van der Waals surface area contributed by atoms with Gasteiger partial charge in [-0.2, -0.15) is 0 Å². The molecule has 0 spiro atoms. The molecule has 4 heteroatoms.